The van der Waals surface area contributed by atoms with Gasteiger partial charge in [0.2, 0.25) is 0 Å². The predicted octanol–water partition coefficient (Wildman–Crippen LogP) is 2.46. The summed E-state index contributed by atoms with van der Waals surface area (Å²) in [6.07, 6.45) is 5.16. The minimum absolute atomic E-state index is 0.0824. The Labute approximate surface area is 86.1 Å². The summed E-state index contributed by atoms with van der Waals surface area (Å²) in [5.41, 5.74) is -0.342. The molecule has 0 heterocycles. The number of hydrogen-bond acceptors (Lipinski definition) is 2. The van der Waals surface area contributed by atoms with Gasteiger partial charge in [-0.1, -0.05) is 27.2 Å². The highest BCUT2D eigenvalue weighted by Gasteiger charge is 2.38. The molecular weight excluding hydrogens is 176 g/mol. The van der Waals surface area contributed by atoms with Gasteiger partial charge in [-0.15, -0.1) is 0 Å². The van der Waals surface area contributed by atoms with Crippen LogP contribution in [-0.4, -0.2) is 12.6 Å². The van der Waals surface area contributed by atoms with E-state index in [1.54, 1.807) is 0 Å². The monoisotopic (exact) mass is 196 g/mol. The molecule has 1 aliphatic carbocycles. The van der Waals surface area contributed by atoms with Crippen LogP contribution in [0.2, 0.25) is 0 Å². The standard InChI is InChI=1S/C12H20O2/c1-9-4-5-11(10(6-9)7-13)12(2,3)8-14/h7-11H,4-6H2,1-3H3/t9-,10+,11-/m0/s1. The molecule has 14 heavy (non-hydrogen) atoms. The summed E-state index contributed by atoms with van der Waals surface area (Å²) in [6, 6.07) is 0. The summed E-state index contributed by atoms with van der Waals surface area (Å²) in [5, 5.41) is 0. The molecule has 3 atom stereocenters. The molecule has 2 nitrogen and oxygen atoms in total. The molecule has 1 rings (SSSR count). The molecule has 1 saturated carbocycles. The van der Waals surface area contributed by atoms with Crippen molar-refractivity contribution in [3.8, 4) is 0 Å². The first-order valence-electron chi connectivity index (χ1n) is 5.43. The van der Waals surface area contributed by atoms with Crippen molar-refractivity contribution in [3.05, 3.63) is 0 Å². The molecule has 1 fully saturated rings. The van der Waals surface area contributed by atoms with Crippen LogP contribution in [0.15, 0.2) is 0 Å². The number of carbonyl (C=O) groups is 2. The van der Waals surface area contributed by atoms with Crippen LogP contribution in [0, 0.1) is 23.2 Å². The normalized spacial score (nSPS) is 33.8. The molecule has 0 N–H and O–H groups in total. The van der Waals surface area contributed by atoms with Crippen LogP contribution < -0.4 is 0 Å². The van der Waals surface area contributed by atoms with E-state index < -0.39 is 0 Å². The van der Waals surface area contributed by atoms with Gasteiger partial charge >= 0.3 is 0 Å². The first-order valence-corrected chi connectivity index (χ1v) is 5.43. The molecule has 0 spiro atoms. The van der Waals surface area contributed by atoms with Crippen LogP contribution in [0.1, 0.15) is 40.0 Å². The van der Waals surface area contributed by atoms with Crippen LogP contribution in [-0.2, 0) is 9.59 Å². The molecule has 0 saturated heterocycles. The third-order valence-corrected chi connectivity index (χ3v) is 3.60. The number of rotatable bonds is 3. The SMILES string of the molecule is C[C@H]1CC[C@H](C(C)(C)C=O)[C@@H](C=O)C1. The highest BCUT2D eigenvalue weighted by molar-refractivity contribution is 5.62. The van der Waals surface area contributed by atoms with Gasteiger partial charge in [0.05, 0.1) is 0 Å². The van der Waals surface area contributed by atoms with Gasteiger partial charge < -0.3 is 9.59 Å². The molecule has 0 unspecified atom stereocenters. The second-order valence-corrected chi connectivity index (χ2v) is 5.26. The van der Waals surface area contributed by atoms with Gasteiger partial charge in [0, 0.05) is 11.3 Å². The van der Waals surface area contributed by atoms with Crippen molar-refractivity contribution in [2.75, 3.05) is 0 Å². The van der Waals surface area contributed by atoms with E-state index in [1.165, 1.54) is 0 Å². The topological polar surface area (TPSA) is 34.1 Å². The van der Waals surface area contributed by atoms with E-state index in [0.29, 0.717) is 5.92 Å². The molecular formula is C12H20O2. The Hall–Kier alpha value is -0.660. The molecule has 0 aliphatic heterocycles. The zero-order chi connectivity index (χ0) is 10.8. The highest BCUT2D eigenvalue weighted by Crippen LogP contribution is 2.41. The van der Waals surface area contributed by atoms with Crippen molar-refractivity contribution < 1.29 is 9.59 Å². The maximum Gasteiger partial charge on any atom is 0.125 e. The summed E-state index contributed by atoms with van der Waals surface area (Å²) in [4.78, 5) is 21.9. The predicted molar refractivity (Wildman–Crippen MR) is 55.9 cm³/mol. The molecule has 0 aromatic heterocycles. The summed E-state index contributed by atoms with van der Waals surface area (Å²) in [6.45, 7) is 6.06. The van der Waals surface area contributed by atoms with E-state index in [1.807, 2.05) is 13.8 Å². The van der Waals surface area contributed by atoms with Crippen molar-refractivity contribution in [1.29, 1.82) is 0 Å². The van der Waals surface area contributed by atoms with E-state index in [9.17, 15) is 9.59 Å². The fourth-order valence-electron chi connectivity index (χ4n) is 2.59. The molecule has 0 aromatic carbocycles. The quantitative estimate of drug-likeness (QED) is 0.650. The van der Waals surface area contributed by atoms with Gasteiger partial charge in [0.25, 0.3) is 0 Å². The summed E-state index contributed by atoms with van der Waals surface area (Å²) >= 11 is 0. The van der Waals surface area contributed by atoms with Crippen molar-refractivity contribution in [3.63, 3.8) is 0 Å². The van der Waals surface area contributed by atoms with Crippen molar-refractivity contribution in [1.82, 2.24) is 0 Å². The van der Waals surface area contributed by atoms with Gasteiger partial charge in [-0.05, 0) is 24.7 Å². The zero-order valence-electron chi connectivity index (χ0n) is 9.32. The first kappa shape index (κ1) is 11.4. The number of carbonyl (C=O) groups excluding carboxylic acids is 2. The van der Waals surface area contributed by atoms with Gasteiger partial charge in [0.15, 0.2) is 0 Å². The van der Waals surface area contributed by atoms with Crippen molar-refractivity contribution in [2.24, 2.45) is 23.2 Å². The van der Waals surface area contributed by atoms with Crippen molar-refractivity contribution in [2.45, 2.75) is 40.0 Å². The minimum Gasteiger partial charge on any atom is -0.303 e. The Morgan fingerprint density at radius 1 is 1.21 bits per heavy atom. The molecule has 0 bridgehead atoms. The van der Waals surface area contributed by atoms with Crippen LogP contribution in [0.5, 0.6) is 0 Å². The smallest absolute Gasteiger partial charge is 0.125 e. The van der Waals surface area contributed by atoms with Gasteiger partial charge in [0.1, 0.15) is 12.6 Å². The van der Waals surface area contributed by atoms with Crippen LogP contribution in [0.3, 0.4) is 0 Å². The molecule has 0 radical (unpaired) electrons. The van der Waals surface area contributed by atoms with Crippen LogP contribution >= 0.6 is 0 Å². The van der Waals surface area contributed by atoms with Crippen LogP contribution in [0.4, 0.5) is 0 Å². The average molecular weight is 196 g/mol. The number of aldehydes is 2. The lowest BCUT2D eigenvalue weighted by Crippen LogP contribution is -2.36. The lowest BCUT2D eigenvalue weighted by atomic mass is 9.64. The zero-order valence-corrected chi connectivity index (χ0v) is 9.32. The van der Waals surface area contributed by atoms with Crippen molar-refractivity contribution >= 4 is 12.6 Å². The Morgan fingerprint density at radius 2 is 1.86 bits per heavy atom. The minimum atomic E-state index is -0.342. The molecule has 1 aliphatic rings. The summed E-state index contributed by atoms with van der Waals surface area (Å²) in [7, 11) is 0. The van der Waals surface area contributed by atoms with E-state index >= 15 is 0 Å². The maximum atomic E-state index is 11.0. The maximum absolute atomic E-state index is 11.0. The summed E-state index contributed by atoms with van der Waals surface area (Å²) < 4.78 is 0. The van der Waals surface area contributed by atoms with E-state index in [2.05, 4.69) is 6.92 Å². The van der Waals surface area contributed by atoms with Gasteiger partial charge in [-0.2, -0.15) is 0 Å². The average Bonchev–Trinajstić information content (AvgIpc) is 2.17. The van der Waals surface area contributed by atoms with E-state index in [4.69, 9.17) is 0 Å². The summed E-state index contributed by atoms with van der Waals surface area (Å²) in [5.74, 6) is 0.955. The largest absolute Gasteiger partial charge is 0.303 e. The fourth-order valence-corrected chi connectivity index (χ4v) is 2.59. The molecule has 2 heteroatoms. The lowest BCUT2D eigenvalue weighted by molar-refractivity contribution is -0.123. The third kappa shape index (κ3) is 2.23. The second kappa shape index (κ2) is 4.24. The fraction of sp³-hybridized carbons (Fsp3) is 0.833. The first-order chi connectivity index (χ1) is 6.51. The second-order valence-electron chi connectivity index (χ2n) is 5.26. The van der Waals surface area contributed by atoms with Gasteiger partial charge in [-0.3, -0.25) is 0 Å². The molecule has 0 aromatic rings. The van der Waals surface area contributed by atoms with Crippen LogP contribution in [0.25, 0.3) is 0 Å². The highest BCUT2D eigenvalue weighted by atomic mass is 16.1. The van der Waals surface area contributed by atoms with E-state index in [-0.39, 0.29) is 17.3 Å². The number of hydrogen-bond donors (Lipinski definition) is 0. The third-order valence-electron chi connectivity index (χ3n) is 3.60. The Kier molecular flexibility index (Phi) is 3.46. The van der Waals surface area contributed by atoms with E-state index in [0.717, 1.165) is 31.8 Å². The molecule has 0 amide bonds. The Morgan fingerprint density at radius 3 is 2.36 bits per heavy atom. The molecule has 80 valence electrons. The Balaban J connectivity index is 2.77. The Bertz CT molecular complexity index is 220. The van der Waals surface area contributed by atoms with Gasteiger partial charge in [-0.25, -0.2) is 0 Å². The lowest BCUT2D eigenvalue weighted by Gasteiger charge is -2.39.